The predicted molar refractivity (Wildman–Crippen MR) is 426 cm³/mol. The Morgan fingerprint density at radius 2 is 0.615 bits per heavy atom. The summed E-state index contributed by atoms with van der Waals surface area (Å²) in [4.78, 5) is 49.0. The molecular weight excluding hydrogens is 1300 g/mol. The minimum atomic E-state index is -1.93. The van der Waals surface area contributed by atoms with E-state index in [4.69, 9.17) is 72.9 Å². The van der Waals surface area contributed by atoms with Crippen LogP contribution in [0, 0.1) is 0 Å². The number of hydrogen-bond acceptors (Lipinski definition) is 16. The van der Waals surface area contributed by atoms with Crippen molar-refractivity contribution in [3.8, 4) is 34.5 Å². The Morgan fingerprint density at radius 3 is 1.10 bits per heavy atom. The molecule has 8 aromatic rings. The highest BCUT2D eigenvalue weighted by molar-refractivity contribution is 6.37. The Bertz CT molecular complexity index is 4620. The van der Waals surface area contributed by atoms with Gasteiger partial charge in [-0.15, -0.1) is 0 Å². The highest BCUT2D eigenvalue weighted by atomic mass is 16.7. The van der Waals surface area contributed by atoms with E-state index in [1.165, 1.54) is 0 Å². The largest absolute Gasteiger partial charge is 0.492 e. The molecule has 0 aliphatic carbocycles. The molecule has 0 amide bonds. The van der Waals surface area contributed by atoms with Crippen LogP contribution in [-0.4, -0.2) is 98.8 Å². The molecule has 8 aromatic carbocycles. The number of fused-ring (bicyclic) bond motifs is 20. The Labute approximate surface area is 615 Å². The van der Waals surface area contributed by atoms with Gasteiger partial charge in [-0.2, -0.15) is 5.06 Å². The molecule has 0 N–H and O–H groups in total. The molecule has 13 rings (SSSR count). The van der Waals surface area contributed by atoms with Gasteiger partial charge in [-0.1, -0.05) is 255 Å². The summed E-state index contributed by atoms with van der Waals surface area (Å²) in [6, 6.07) is 37.9. The van der Waals surface area contributed by atoms with Crippen LogP contribution in [-0.2, 0) is 15.4 Å². The van der Waals surface area contributed by atoms with Gasteiger partial charge in [0.05, 0.1) is 86.2 Å². The molecule has 0 fully saturated rings. The minimum absolute atomic E-state index is 0.275. The molecule has 1 unspecified atom stereocenters. The third-order valence-electron chi connectivity index (χ3n) is 20.1. The Morgan fingerprint density at radius 1 is 0.288 bits per heavy atom. The first kappa shape index (κ1) is 73.3. The number of rotatable bonds is 40. The van der Waals surface area contributed by atoms with E-state index in [1.54, 1.807) is 0 Å². The Balaban J connectivity index is 1.23. The van der Waals surface area contributed by atoms with E-state index in [0.717, 1.165) is 202 Å². The highest BCUT2D eigenvalue weighted by Gasteiger charge is 2.51. The lowest BCUT2D eigenvalue weighted by Gasteiger charge is -2.28. The molecule has 0 aromatic heterocycles. The van der Waals surface area contributed by atoms with Gasteiger partial charge >= 0.3 is 0 Å². The third kappa shape index (κ3) is 15.1. The fourth-order valence-electron chi connectivity index (χ4n) is 14.7. The molecule has 5 aliphatic heterocycles. The number of unbranched alkanes of at least 4 members (excludes halogenated alkanes) is 16. The van der Waals surface area contributed by atoms with E-state index < -0.39 is 5.85 Å². The fourth-order valence-corrected chi connectivity index (χ4v) is 14.7. The van der Waals surface area contributed by atoms with Crippen molar-refractivity contribution in [3.63, 3.8) is 0 Å². The van der Waals surface area contributed by atoms with Crippen LogP contribution < -0.4 is 28.4 Å². The lowest BCUT2D eigenvalue weighted by molar-refractivity contribution is -0.0421. The second kappa shape index (κ2) is 35.2. The van der Waals surface area contributed by atoms with Crippen LogP contribution in [0.15, 0.2) is 144 Å². The van der Waals surface area contributed by atoms with E-state index in [1.807, 2.05) is 5.06 Å². The van der Waals surface area contributed by atoms with E-state index in [9.17, 15) is 0 Å². The summed E-state index contributed by atoms with van der Waals surface area (Å²) in [6.07, 6.45) is 22.2. The van der Waals surface area contributed by atoms with Crippen molar-refractivity contribution in [2.75, 3.05) is 52.9 Å². The summed E-state index contributed by atoms with van der Waals surface area (Å²) in [7, 11) is 0. The van der Waals surface area contributed by atoms with Crippen molar-refractivity contribution in [2.45, 2.75) is 215 Å². The quantitative estimate of drug-likeness (QED) is 0.0340. The molecule has 1 atom stereocenters. The maximum Gasteiger partial charge on any atom is 0.293 e. The lowest BCUT2D eigenvalue weighted by atomic mass is 9.95. The second-order valence-electron chi connectivity index (χ2n) is 28.0. The average Bonchev–Trinajstić information content (AvgIpc) is 1.43. The standard InChI is InChI=1S/C88H106N8O8/c1-9-17-33-49-97-75-61-43-27-25-41-59(61)57-67-69(75)84-90-81(67)89-82-68-58-60-42-26-28-44-62(60)76(98-50-34-18-10-2)70(68)86(92-82)96(104-56-40-24-16-8)87-72-71(77(99-51-35-19-11-3)63-45-29-30-46-64(63)78(72)100-52-36-20-12-4)83(93-87)91-85-73-74(88(94-84,95-85)103-55-39-23-15-7)80(102-54-38-22-14-6)66-48-32-31-47-65(66)79(73)101-53-37-21-13-5/h25-32,41-48,57-58H,9-24,33-40,49-56H2,1-8H3. The van der Waals surface area contributed by atoms with Crippen molar-refractivity contribution in [3.05, 3.63) is 154 Å². The van der Waals surface area contributed by atoms with Crippen LogP contribution in [0.3, 0.4) is 0 Å². The van der Waals surface area contributed by atoms with Gasteiger partial charge in [0.1, 0.15) is 34.5 Å². The average molecular weight is 1400 g/mol. The zero-order valence-corrected chi connectivity index (χ0v) is 62.9. The summed E-state index contributed by atoms with van der Waals surface area (Å²) < 4.78 is 51.8. The highest BCUT2D eigenvalue weighted by Crippen LogP contribution is 2.55. The van der Waals surface area contributed by atoms with E-state index in [2.05, 4.69) is 165 Å². The number of hydrogen-bond donors (Lipinski definition) is 0. The first-order valence-electron chi connectivity index (χ1n) is 39.6. The molecular formula is C88H106N8O8. The summed E-state index contributed by atoms with van der Waals surface area (Å²) in [5.74, 6) is 4.38. The van der Waals surface area contributed by atoms with Gasteiger partial charge in [-0.3, -0.25) is 4.84 Å². The molecule has 0 spiro atoms. The lowest BCUT2D eigenvalue weighted by Crippen LogP contribution is -2.38. The number of aliphatic imine (C=N–C) groups is 7. The van der Waals surface area contributed by atoms with Crippen molar-refractivity contribution >= 4 is 83.9 Å². The minimum Gasteiger partial charge on any atom is -0.492 e. The van der Waals surface area contributed by atoms with Crippen LogP contribution in [0.5, 0.6) is 34.5 Å². The van der Waals surface area contributed by atoms with Crippen molar-refractivity contribution < 1.29 is 38.0 Å². The number of nitrogens with zero attached hydrogens (tertiary/aromatic N) is 8. The van der Waals surface area contributed by atoms with Crippen molar-refractivity contribution in [1.82, 2.24) is 5.06 Å². The molecule has 104 heavy (non-hydrogen) atoms. The van der Waals surface area contributed by atoms with E-state index >= 15 is 0 Å². The molecule has 5 aliphatic rings. The fraction of sp³-hybridized carbons (Fsp3) is 0.466. The molecule has 5 heterocycles. The molecule has 16 nitrogen and oxygen atoms in total. The first-order valence-corrected chi connectivity index (χ1v) is 39.6. The second-order valence-corrected chi connectivity index (χ2v) is 28.0. The summed E-state index contributed by atoms with van der Waals surface area (Å²) >= 11 is 0. The van der Waals surface area contributed by atoms with Crippen LogP contribution in [0.25, 0.3) is 43.1 Å². The van der Waals surface area contributed by atoms with Crippen LogP contribution >= 0.6 is 0 Å². The molecule has 0 saturated heterocycles. The topological polar surface area (TPSA) is 164 Å². The van der Waals surface area contributed by atoms with Crippen LogP contribution in [0.4, 0.5) is 0 Å². The van der Waals surface area contributed by atoms with Gasteiger partial charge < -0.3 is 33.2 Å². The third-order valence-corrected chi connectivity index (χ3v) is 20.1. The number of ether oxygens (including phenoxy) is 7. The molecule has 546 valence electrons. The van der Waals surface area contributed by atoms with Gasteiger partial charge in [0, 0.05) is 43.4 Å². The van der Waals surface area contributed by atoms with Crippen molar-refractivity contribution in [1.29, 1.82) is 0 Å². The maximum atomic E-state index is 7.71. The van der Waals surface area contributed by atoms with Gasteiger partial charge in [0.25, 0.3) is 5.85 Å². The number of benzene rings is 8. The number of hydroxylamine groups is 2. The molecule has 0 saturated carbocycles. The monoisotopic (exact) mass is 1400 g/mol. The first-order chi connectivity index (χ1) is 51.3. The van der Waals surface area contributed by atoms with Crippen molar-refractivity contribution in [2.24, 2.45) is 34.9 Å². The zero-order chi connectivity index (χ0) is 71.8. The predicted octanol–water partition coefficient (Wildman–Crippen LogP) is 21.8. The summed E-state index contributed by atoms with van der Waals surface area (Å²) in [5, 5.41) is 9.03. The van der Waals surface area contributed by atoms with Gasteiger partial charge in [-0.25, -0.2) is 34.9 Å². The molecule has 8 bridgehead atoms. The van der Waals surface area contributed by atoms with Gasteiger partial charge in [0.15, 0.2) is 40.8 Å². The SMILES string of the molecule is CCCCCOc1c2c(cc3ccccc13)C1=NC2=NC2(OCCCCC)N=C(N=C3N=C(c4c3c(OCCCCC)c3ccccc3c4OCCCCC)N(OCCCCC)C3=NC(=N1)c1cc4ccccc4c(OCCCCC)c13)c1c2c(OCCCCC)c2ccccc2c1OCCCCC. The van der Waals surface area contributed by atoms with Gasteiger partial charge in [-0.05, 0) is 74.3 Å². The van der Waals surface area contributed by atoms with Gasteiger partial charge in [0.2, 0.25) is 0 Å². The van der Waals surface area contributed by atoms with E-state index in [0.29, 0.717) is 156 Å². The Kier molecular flexibility index (Phi) is 24.8. The molecule has 16 heteroatoms. The van der Waals surface area contributed by atoms with Crippen LogP contribution in [0.1, 0.15) is 254 Å². The summed E-state index contributed by atoms with van der Waals surface area (Å²) in [6.45, 7) is 21.0. The van der Waals surface area contributed by atoms with Crippen LogP contribution in [0.2, 0.25) is 0 Å². The van der Waals surface area contributed by atoms with E-state index in [-0.39, 0.29) is 12.4 Å². The molecule has 0 radical (unpaired) electrons. The smallest absolute Gasteiger partial charge is 0.293 e. The zero-order valence-electron chi connectivity index (χ0n) is 62.9. The normalized spacial score (nSPS) is 15.5. The summed E-state index contributed by atoms with van der Waals surface area (Å²) in [5.41, 5.74) is 5.28. The maximum absolute atomic E-state index is 7.71. The number of amidine groups is 7. The Hall–Kier alpha value is -8.99.